The summed E-state index contributed by atoms with van der Waals surface area (Å²) in [7, 11) is 1.64. The third kappa shape index (κ3) is 8.86. The number of carbonyl (C=O) groups excluding carboxylic acids is 1. The van der Waals surface area contributed by atoms with E-state index in [1.807, 2.05) is 37.4 Å². The molecule has 0 aliphatic carbocycles. The molecule has 228 valence electrons. The number of aromatic nitrogens is 3. The molecular formula is C32H40ClN7O3. The van der Waals surface area contributed by atoms with Gasteiger partial charge in [0.05, 0.1) is 42.0 Å². The third-order valence-electron chi connectivity index (χ3n) is 7.85. The van der Waals surface area contributed by atoms with Gasteiger partial charge in [0, 0.05) is 44.9 Å². The molecule has 0 aromatic carbocycles. The van der Waals surface area contributed by atoms with Crippen LogP contribution in [0, 0.1) is 25.2 Å². The van der Waals surface area contributed by atoms with Crippen LogP contribution in [0.25, 0.3) is 0 Å². The lowest BCUT2D eigenvalue weighted by molar-refractivity contribution is 0.0943. The van der Waals surface area contributed by atoms with Crippen LogP contribution < -0.4 is 15.0 Å². The Balaban J connectivity index is 1.36. The molecule has 0 bridgehead atoms. The van der Waals surface area contributed by atoms with Crippen LogP contribution in [-0.2, 0) is 11.3 Å². The predicted octanol–water partition coefficient (Wildman–Crippen LogP) is 4.72. The number of halogens is 1. The van der Waals surface area contributed by atoms with E-state index < -0.39 is 0 Å². The van der Waals surface area contributed by atoms with Crippen LogP contribution in [0.5, 0.6) is 5.88 Å². The number of hydrogen-bond acceptors (Lipinski definition) is 9. The van der Waals surface area contributed by atoms with Crippen LogP contribution in [0.4, 0.5) is 5.69 Å². The summed E-state index contributed by atoms with van der Waals surface area (Å²) in [6.07, 6.45) is 4.62. The van der Waals surface area contributed by atoms with Gasteiger partial charge in [-0.05, 0) is 69.9 Å². The lowest BCUT2D eigenvalue weighted by atomic mass is 10.00. The van der Waals surface area contributed by atoms with E-state index in [2.05, 4.69) is 43.1 Å². The van der Waals surface area contributed by atoms with Gasteiger partial charge in [-0.25, -0.2) is 15.0 Å². The van der Waals surface area contributed by atoms with Crippen LogP contribution in [0.15, 0.2) is 42.6 Å². The summed E-state index contributed by atoms with van der Waals surface area (Å²) in [5.74, 6) is 0.442. The Morgan fingerprint density at radius 3 is 2.67 bits per heavy atom. The minimum Gasteiger partial charge on any atom is -0.475 e. The molecule has 10 nitrogen and oxygen atoms in total. The summed E-state index contributed by atoms with van der Waals surface area (Å²) >= 11 is 6.03. The predicted molar refractivity (Wildman–Crippen MR) is 166 cm³/mol. The van der Waals surface area contributed by atoms with Crippen LogP contribution >= 0.6 is 11.6 Å². The van der Waals surface area contributed by atoms with E-state index in [1.165, 1.54) is 0 Å². The zero-order valence-electron chi connectivity index (χ0n) is 25.3. The first-order valence-electron chi connectivity index (χ1n) is 14.7. The molecule has 1 aliphatic heterocycles. The van der Waals surface area contributed by atoms with Crippen molar-refractivity contribution in [2.45, 2.75) is 58.7 Å². The Labute approximate surface area is 259 Å². The highest BCUT2D eigenvalue weighted by Crippen LogP contribution is 2.27. The number of pyridine rings is 3. The number of nitriles is 1. The maximum Gasteiger partial charge on any atom is 0.253 e. The molecule has 1 fully saturated rings. The van der Waals surface area contributed by atoms with Crippen molar-refractivity contribution in [3.8, 4) is 11.9 Å². The SMILES string of the molecule is COCCOc1ccc(N(Cc2cccc(C#N)n2)C2CCN([C@H](C)CCNC(=O)c3c(C)cc(Cl)nc3C)CC2)cn1. The van der Waals surface area contributed by atoms with E-state index in [0.717, 1.165) is 49.3 Å². The number of carbonyl (C=O) groups is 1. The molecule has 3 aromatic rings. The van der Waals surface area contributed by atoms with Crippen LogP contribution in [0.3, 0.4) is 0 Å². The van der Waals surface area contributed by atoms with Gasteiger partial charge in [-0.2, -0.15) is 5.26 Å². The zero-order chi connectivity index (χ0) is 30.8. The molecule has 1 N–H and O–H groups in total. The van der Waals surface area contributed by atoms with Crippen molar-refractivity contribution >= 4 is 23.2 Å². The van der Waals surface area contributed by atoms with Gasteiger partial charge in [0.1, 0.15) is 23.5 Å². The number of rotatable bonds is 13. The first-order valence-corrected chi connectivity index (χ1v) is 15.0. The van der Waals surface area contributed by atoms with Gasteiger partial charge >= 0.3 is 0 Å². The molecule has 43 heavy (non-hydrogen) atoms. The number of methoxy groups -OCH3 is 1. The number of ether oxygens (including phenoxy) is 2. The number of amides is 1. The van der Waals surface area contributed by atoms with Gasteiger partial charge < -0.3 is 24.6 Å². The summed E-state index contributed by atoms with van der Waals surface area (Å²) in [6.45, 7) is 9.87. The Bertz CT molecular complexity index is 1380. The minimum atomic E-state index is -0.112. The molecule has 0 radical (unpaired) electrons. The Hall–Kier alpha value is -3.78. The van der Waals surface area contributed by atoms with E-state index in [4.69, 9.17) is 21.1 Å². The number of aryl methyl sites for hydroxylation is 2. The molecule has 1 atom stereocenters. The molecule has 1 saturated heterocycles. The van der Waals surface area contributed by atoms with Crippen molar-refractivity contribution in [3.63, 3.8) is 0 Å². The first kappa shape index (κ1) is 32.1. The average Bonchev–Trinajstić information content (AvgIpc) is 3.00. The van der Waals surface area contributed by atoms with E-state index in [-0.39, 0.29) is 11.9 Å². The van der Waals surface area contributed by atoms with Crippen molar-refractivity contribution in [3.05, 3.63) is 76.0 Å². The quantitative estimate of drug-likeness (QED) is 0.218. The van der Waals surface area contributed by atoms with E-state index in [9.17, 15) is 10.1 Å². The van der Waals surface area contributed by atoms with Crippen LogP contribution in [0.2, 0.25) is 5.15 Å². The smallest absolute Gasteiger partial charge is 0.253 e. The number of hydrogen-bond donors (Lipinski definition) is 1. The van der Waals surface area contributed by atoms with Gasteiger partial charge in [0.25, 0.3) is 5.91 Å². The monoisotopic (exact) mass is 605 g/mol. The summed E-state index contributed by atoms with van der Waals surface area (Å²) < 4.78 is 10.7. The molecule has 11 heteroatoms. The molecule has 0 unspecified atom stereocenters. The molecule has 1 amide bonds. The highest BCUT2D eigenvalue weighted by molar-refractivity contribution is 6.29. The fourth-order valence-corrected chi connectivity index (χ4v) is 5.82. The minimum absolute atomic E-state index is 0.112. The Morgan fingerprint density at radius 2 is 2.00 bits per heavy atom. The fraction of sp³-hybridized carbons (Fsp3) is 0.469. The van der Waals surface area contributed by atoms with E-state index in [0.29, 0.717) is 60.3 Å². The zero-order valence-corrected chi connectivity index (χ0v) is 26.1. The van der Waals surface area contributed by atoms with Crippen molar-refractivity contribution in [1.82, 2.24) is 25.2 Å². The molecule has 1 aliphatic rings. The molecule has 4 heterocycles. The number of piperidine rings is 1. The Kier molecular flexibility index (Phi) is 11.7. The molecule has 0 spiro atoms. The number of likely N-dealkylation sites (tertiary alicyclic amines) is 1. The van der Waals surface area contributed by atoms with Gasteiger partial charge in [0.15, 0.2) is 0 Å². The number of anilines is 1. The highest BCUT2D eigenvalue weighted by atomic mass is 35.5. The van der Waals surface area contributed by atoms with Crippen molar-refractivity contribution in [2.75, 3.05) is 44.9 Å². The maximum absolute atomic E-state index is 12.8. The van der Waals surface area contributed by atoms with Gasteiger partial charge in [-0.3, -0.25) is 4.79 Å². The van der Waals surface area contributed by atoms with Gasteiger partial charge in [-0.15, -0.1) is 0 Å². The number of nitrogens with one attached hydrogen (secondary N) is 1. The topological polar surface area (TPSA) is 116 Å². The van der Waals surface area contributed by atoms with Gasteiger partial charge in [-0.1, -0.05) is 17.7 Å². The van der Waals surface area contributed by atoms with Crippen LogP contribution in [-0.4, -0.2) is 77.8 Å². The van der Waals surface area contributed by atoms with E-state index >= 15 is 0 Å². The maximum atomic E-state index is 12.8. The molecular weight excluding hydrogens is 566 g/mol. The lowest BCUT2D eigenvalue weighted by Gasteiger charge is -2.41. The highest BCUT2D eigenvalue weighted by Gasteiger charge is 2.28. The van der Waals surface area contributed by atoms with E-state index in [1.54, 1.807) is 26.2 Å². The Morgan fingerprint density at radius 1 is 1.21 bits per heavy atom. The van der Waals surface area contributed by atoms with Crippen molar-refractivity contribution < 1.29 is 14.3 Å². The normalized spacial score (nSPS) is 14.6. The second kappa shape index (κ2) is 15.6. The largest absolute Gasteiger partial charge is 0.475 e. The second-order valence-corrected chi connectivity index (χ2v) is 11.2. The molecule has 4 rings (SSSR count). The van der Waals surface area contributed by atoms with Crippen LogP contribution in [0.1, 0.15) is 59.2 Å². The van der Waals surface area contributed by atoms with Crippen molar-refractivity contribution in [1.29, 1.82) is 5.26 Å². The fourth-order valence-electron chi connectivity index (χ4n) is 5.52. The standard InChI is InChI=1S/C32H40ClN7O3/c1-22-18-29(33)37-24(3)31(22)32(41)35-13-10-23(2)39-14-11-27(12-15-39)40(21-26-7-5-6-25(19-34)38-26)28-8-9-30(36-20-28)43-17-16-42-4/h5-9,18,20,23,27H,10-17,21H2,1-4H3,(H,35,41)/t23-/m1/s1. The van der Waals surface area contributed by atoms with Gasteiger partial charge in [0.2, 0.25) is 5.88 Å². The third-order valence-corrected chi connectivity index (χ3v) is 8.04. The number of nitrogens with zero attached hydrogens (tertiary/aromatic N) is 6. The summed E-state index contributed by atoms with van der Waals surface area (Å²) in [5.41, 5.74) is 4.29. The summed E-state index contributed by atoms with van der Waals surface area (Å²) in [5, 5.41) is 12.8. The second-order valence-electron chi connectivity index (χ2n) is 10.8. The summed E-state index contributed by atoms with van der Waals surface area (Å²) in [6, 6.07) is 13.9. The molecule has 0 saturated carbocycles. The lowest BCUT2D eigenvalue weighted by Crippen LogP contribution is -2.48. The average molecular weight is 606 g/mol. The first-order chi connectivity index (χ1) is 20.8. The summed E-state index contributed by atoms with van der Waals surface area (Å²) in [4.78, 5) is 30.9. The van der Waals surface area contributed by atoms with Crippen molar-refractivity contribution in [2.24, 2.45) is 0 Å². The molecule has 3 aromatic heterocycles.